The minimum atomic E-state index is -0.614. The SMILES string of the molecule is N#Cc1ccccc1NC(=O)C[C@H]1SC(=Nc2ccccc2)N(c2ccccc2)C1=O. The number of nitrogens with one attached hydrogen (secondary N) is 1. The van der Waals surface area contributed by atoms with Crippen molar-refractivity contribution in [1.82, 2.24) is 0 Å². The molecule has 4 rings (SSSR count). The molecule has 1 saturated heterocycles. The standard InChI is InChI=1S/C24H18N4O2S/c25-16-17-9-7-8-14-20(17)27-22(29)15-21-23(30)28(19-12-5-2-6-13-19)24(31-21)26-18-10-3-1-4-11-18/h1-14,21H,15H2,(H,27,29)/t21-/m1/s1. The molecule has 0 aliphatic carbocycles. The molecular formula is C24H18N4O2S. The van der Waals surface area contributed by atoms with Gasteiger partial charge in [-0.25, -0.2) is 4.99 Å². The lowest BCUT2D eigenvalue weighted by atomic mass is 10.2. The second kappa shape index (κ2) is 9.28. The zero-order valence-corrected chi connectivity index (χ0v) is 17.3. The van der Waals surface area contributed by atoms with Gasteiger partial charge in [-0.1, -0.05) is 60.3 Å². The highest BCUT2D eigenvalue weighted by Crippen LogP contribution is 2.35. The van der Waals surface area contributed by atoms with Crippen LogP contribution in [0.15, 0.2) is 89.9 Å². The van der Waals surface area contributed by atoms with Gasteiger partial charge < -0.3 is 5.32 Å². The summed E-state index contributed by atoms with van der Waals surface area (Å²) in [6.07, 6.45) is -0.0274. The number of carbonyl (C=O) groups is 2. The number of hydrogen-bond donors (Lipinski definition) is 1. The summed E-state index contributed by atoms with van der Waals surface area (Å²) >= 11 is 1.27. The molecule has 1 aliphatic heterocycles. The highest BCUT2D eigenvalue weighted by molar-refractivity contribution is 8.16. The molecule has 7 heteroatoms. The molecule has 0 saturated carbocycles. The predicted octanol–water partition coefficient (Wildman–Crippen LogP) is 4.72. The summed E-state index contributed by atoms with van der Waals surface area (Å²) in [5.41, 5.74) is 2.24. The number of amidine groups is 1. The Labute approximate surface area is 184 Å². The molecule has 0 unspecified atom stereocenters. The van der Waals surface area contributed by atoms with E-state index in [1.807, 2.05) is 60.7 Å². The first kappa shape index (κ1) is 20.4. The Morgan fingerprint density at radius 3 is 2.35 bits per heavy atom. The highest BCUT2D eigenvalue weighted by Gasteiger charge is 2.40. The molecule has 1 aliphatic rings. The third-order valence-electron chi connectivity index (χ3n) is 4.62. The topological polar surface area (TPSA) is 85.6 Å². The fourth-order valence-corrected chi connectivity index (χ4v) is 4.32. The zero-order chi connectivity index (χ0) is 21.6. The smallest absolute Gasteiger partial charge is 0.247 e. The van der Waals surface area contributed by atoms with E-state index in [1.54, 1.807) is 29.2 Å². The lowest BCUT2D eigenvalue weighted by molar-refractivity contribution is -0.121. The van der Waals surface area contributed by atoms with Gasteiger partial charge in [0.05, 0.1) is 22.6 Å². The summed E-state index contributed by atoms with van der Waals surface area (Å²) in [5, 5.41) is 11.9. The number of carbonyl (C=O) groups excluding carboxylic acids is 2. The zero-order valence-electron chi connectivity index (χ0n) is 16.4. The molecule has 0 bridgehead atoms. The van der Waals surface area contributed by atoms with Crippen molar-refractivity contribution >= 4 is 45.8 Å². The number of benzene rings is 3. The lowest BCUT2D eigenvalue weighted by Gasteiger charge is -2.16. The third kappa shape index (κ3) is 4.65. The number of hydrogen-bond acceptors (Lipinski definition) is 5. The van der Waals surface area contributed by atoms with E-state index in [1.165, 1.54) is 11.8 Å². The summed E-state index contributed by atoms with van der Waals surface area (Å²) in [5.74, 6) is -0.530. The molecule has 0 spiro atoms. The van der Waals surface area contributed by atoms with Gasteiger partial charge in [0.1, 0.15) is 11.3 Å². The number of rotatable bonds is 5. The molecule has 0 radical (unpaired) electrons. The summed E-state index contributed by atoms with van der Waals surface area (Å²) in [6.45, 7) is 0. The van der Waals surface area contributed by atoms with Crippen molar-refractivity contribution in [2.75, 3.05) is 10.2 Å². The van der Waals surface area contributed by atoms with Crippen LogP contribution in [-0.4, -0.2) is 22.2 Å². The Morgan fingerprint density at radius 1 is 1.00 bits per heavy atom. The van der Waals surface area contributed by atoms with E-state index in [0.29, 0.717) is 22.1 Å². The van der Waals surface area contributed by atoms with Crippen LogP contribution in [0.5, 0.6) is 0 Å². The average molecular weight is 427 g/mol. The van der Waals surface area contributed by atoms with Gasteiger partial charge in [0.15, 0.2) is 5.17 Å². The fraction of sp³-hybridized carbons (Fsp3) is 0.0833. The summed E-state index contributed by atoms with van der Waals surface area (Å²) in [6, 6.07) is 27.5. The summed E-state index contributed by atoms with van der Waals surface area (Å²) in [7, 11) is 0. The van der Waals surface area contributed by atoms with Crippen LogP contribution in [0.2, 0.25) is 0 Å². The molecule has 1 atom stereocenters. The first-order valence-electron chi connectivity index (χ1n) is 9.64. The van der Waals surface area contributed by atoms with Gasteiger partial charge in [-0.15, -0.1) is 0 Å². The van der Waals surface area contributed by atoms with Crippen molar-refractivity contribution in [1.29, 1.82) is 5.26 Å². The monoisotopic (exact) mass is 426 g/mol. The number of nitriles is 1. The number of thioether (sulfide) groups is 1. The molecule has 1 heterocycles. The van der Waals surface area contributed by atoms with Gasteiger partial charge in [-0.05, 0) is 36.4 Å². The number of amides is 2. The predicted molar refractivity (Wildman–Crippen MR) is 123 cm³/mol. The quantitative estimate of drug-likeness (QED) is 0.639. The molecule has 3 aromatic rings. The molecular weight excluding hydrogens is 408 g/mol. The van der Waals surface area contributed by atoms with E-state index >= 15 is 0 Å². The Hall–Kier alpha value is -3.89. The second-order valence-corrected chi connectivity index (χ2v) is 7.93. The minimum absolute atomic E-state index is 0.0274. The Bertz CT molecular complexity index is 1170. The highest BCUT2D eigenvalue weighted by atomic mass is 32.2. The van der Waals surface area contributed by atoms with Crippen molar-refractivity contribution in [3.63, 3.8) is 0 Å². The first-order valence-corrected chi connectivity index (χ1v) is 10.5. The maximum absolute atomic E-state index is 13.2. The van der Waals surface area contributed by atoms with Crippen LogP contribution in [0.1, 0.15) is 12.0 Å². The third-order valence-corrected chi connectivity index (χ3v) is 5.76. The normalized spacial score (nSPS) is 16.9. The fourth-order valence-electron chi connectivity index (χ4n) is 3.16. The van der Waals surface area contributed by atoms with Crippen LogP contribution >= 0.6 is 11.8 Å². The molecule has 1 N–H and O–H groups in total. The molecule has 0 aromatic heterocycles. The molecule has 1 fully saturated rings. The van der Waals surface area contributed by atoms with E-state index in [4.69, 9.17) is 0 Å². The largest absolute Gasteiger partial charge is 0.325 e. The molecule has 3 aromatic carbocycles. The van der Waals surface area contributed by atoms with Crippen molar-refractivity contribution < 1.29 is 9.59 Å². The van der Waals surface area contributed by atoms with E-state index in [0.717, 1.165) is 5.69 Å². The first-order chi connectivity index (χ1) is 15.2. The van der Waals surface area contributed by atoms with E-state index < -0.39 is 5.25 Å². The molecule has 6 nitrogen and oxygen atoms in total. The van der Waals surface area contributed by atoms with Gasteiger partial charge in [-0.2, -0.15) is 5.26 Å². The van der Waals surface area contributed by atoms with Gasteiger partial charge in [0.2, 0.25) is 11.8 Å². The van der Waals surface area contributed by atoms with Gasteiger partial charge in [-0.3, -0.25) is 14.5 Å². The Morgan fingerprint density at radius 2 is 1.65 bits per heavy atom. The lowest BCUT2D eigenvalue weighted by Crippen LogP contribution is -2.33. The minimum Gasteiger partial charge on any atom is -0.325 e. The van der Waals surface area contributed by atoms with E-state index in [2.05, 4.69) is 16.4 Å². The van der Waals surface area contributed by atoms with E-state index in [9.17, 15) is 14.9 Å². The van der Waals surface area contributed by atoms with Gasteiger partial charge in [0.25, 0.3) is 0 Å². The van der Waals surface area contributed by atoms with Crippen molar-refractivity contribution in [2.24, 2.45) is 4.99 Å². The second-order valence-electron chi connectivity index (χ2n) is 6.76. The Balaban J connectivity index is 1.58. The maximum Gasteiger partial charge on any atom is 0.247 e. The molecule has 31 heavy (non-hydrogen) atoms. The Kier molecular flexibility index (Phi) is 6.11. The van der Waals surface area contributed by atoms with Crippen LogP contribution in [-0.2, 0) is 9.59 Å². The van der Waals surface area contributed by atoms with Crippen LogP contribution in [0, 0.1) is 11.3 Å². The van der Waals surface area contributed by atoms with E-state index in [-0.39, 0.29) is 18.2 Å². The number of anilines is 2. The number of aliphatic imine (C=N–C) groups is 1. The number of nitrogens with zero attached hydrogens (tertiary/aromatic N) is 3. The molecule has 152 valence electrons. The van der Waals surface area contributed by atoms with Crippen LogP contribution < -0.4 is 10.2 Å². The van der Waals surface area contributed by atoms with Gasteiger partial charge >= 0.3 is 0 Å². The summed E-state index contributed by atoms with van der Waals surface area (Å²) in [4.78, 5) is 32.1. The molecule has 2 amide bonds. The maximum atomic E-state index is 13.2. The summed E-state index contributed by atoms with van der Waals surface area (Å²) < 4.78 is 0. The van der Waals surface area contributed by atoms with Crippen molar-refractivity contribution in [2.45, 2.75) is 11.7 Å². The van der Waals surface area contributed by atoms with Crippen LogP contribution in [0.25, 0.3) is 0 Å². The van der Waals surface area contributed by atoms with Crippen LogP contribution in [0.3, 0.4) is 0 Å². The number of para-hydroxylation sites is 3. The van der Waals surface area contributed by atoms with Crippen molar-refractivity contribution in [3.05, 3.63) is 90.5 Å². The van der Waals surface area contributed by atoms with Gasteiger partial charge in [0, 0.05) is 6.42 Å². The van der Waals surface area contributed by atoms with Crippen LogP contribution in [0.4, 0.5) is 17.1 Å². The van der Waals surface area contributed by atoms with Crippen molar-refractivity contribution in [3.8, 4) is 6.07 Å². The average Bonchev–Trinajstić information content (AvgIpc) is 3.09.